The van der Waals surface area contributed by atoms with Crippen LogP contribution in [0.4, 0.5) is 5.69 Å². The van der Waals surface area contributed by atoms with Crippen molar-refractivity contribution in [3.05, 3.63) is 70.2 Å². The van der Waals surface area contributed by atoms with E-state index < -0.39 is 0 Å². The number of carbonyl (C=O) groups is 1. The van der Waals surface area contributed by atoms with Gasteiger partial charge in [0.1, 0.15) is 5.69 Å². The zero-order valence-corrected chi connectivity index (χ0v) is 21.8. The predicted octanol–water partition coefficient (Wildman–Crippen LogP) is 5.65. The van der Waals surface area contributed by atoms with Gasteiger partial charge in [-0.3, -0.25) is 4.79 Å². The van der Waals surface area contributed by atoms with Gasteiger partial charge in [0.15, 0.2) is 5.11 Å². The number of rotatable bonds is 6. The fourth-order valence-corrected chi connectivity index (χ4v) is 5.51. The number of para-hydroxylation sites is 1. The van der Waals surface area contributed by atoms with E-state index in [1.807, 2.05) is 41.6 Å². The van der Waals surface area contributed by atoms with Gasteiger partial charge in [-0.05, 0) is 48.7 Å². The van der Waals surface area contributed by atoms with Gasteiger partial charge in [-0.25, -0.2) is 4.98 Å². The van der Waals surface area contributed by atoms with E-state index in [0.717, 1.165) is 59.3 Å². The molecule has 1 aromatic heterocycles. The number of hydrogen-bond acceptors (Lipinski definition) is 4. The number of aromatic nitrogens is 1. The Labute approximate surface area is 217 Å². The molecule has 1 amide bonds. The molecular formula is C28H30N4OS2. The Balaban J connectivity index is 1.40. The number of anilines is 1. The molecule has 1 saturated heterocycles. The van der Waals surface area contributed by atoms with Gasteiger partial charge in [0.05, 0.1) is 11.6 Å². The maximum Gasteiger partial charge on any atom is 0.275 e. The number of hydrogen-bond donors (Lipinski definition) is 1. The van der Waals surface area contributed by atoms with E-state index in [2.05, 4.69) is 47.3 Å². The van der Waals surface area contributed by atoms with Crippen LogP contribution >= 0.6 is 23.6 Å². The summed E-state index contributed by atoms with van der Waals surface area (Å²) in [4.78, 5) is 21.9. The number of likely N-dealkylation sites (tertiary alicyclic amines) is 1. The molecule has 2 heterocycles. The van der Waals surface area contributed by atoms with Crippen LogP contribution in [0.15, 0.2) is 53.9 Å². The van der Waals surface area contributed by atoms with E-state index in [1.165, 1.54) is 5.56 Å². The molecule has 4 rings (SSSR count). The molecule has 3 aromatic rings. The lowest BCUT2D eigenvalue weighted by Gasteiger charge is -2.35. The summed E-state index contributed by atoms with van der Waals surface area (Å²) in [5.74, 6) is 2.79. The molecule has 2 aromatic carbocycles. The van der Waals surface area contributed by atoms with E-state index in [1.54, 1.807) is 11.3 Å². The minimum absolute atomic E-state index is 0.181. The zero-order valence-electron chi connectivity index (χ0n) is 20.2. The maximum absolute atomic E-state index is 13.1. The summed E-state index contributed by atoms with van der Waals surface area (Å²) in [6.07, 6.45) is 8.32. The van der Waals surface area contributed by atoms with Crippen molar-refractivity contribution in [3.63, 3.8) is 0 Å². The number of amides is 1. The van der Waals surface area contributed by atoms with Crippen LogP contribution in [0.3, 0.4) is 0 Å². The molecule has 0 atom stereocenters. The van der Waals surface area contributed by atoms with Gasteiger partial charge in [0, 0.05) is 42.7 Å². The Morgan fingerprint density at radius 1 is 1.23 bits per heavy atom. The predicted molar refractivity (Wildman–Crippen MR) is 149 cm³/mol. The molecule has 0 bridgehead atoms. The van der Waals surface area contributed by atoms with Crippen molar-refractivity contribution in [2.24, 2.45) is 0 Å². The van der Waals surface area contributed by atoms with E-state index in [4.69, 9.17) is 23.6 Å². The van der Waals surface area contributed by atoms with Crippen LogP contribution in [0, 0.1) is 12.3 Å². The lowest BCUT2D eigenvalue weighted by Crippen LogP contribution is -2.44. The highest BCUT2D eigenvalue weighted by molar-refractivity contribution is 7.80. The summed E-state index contributed by atoms with van der Waals surface area (Å²) in [5.41, 5.74) is 4.62. The van der Waals surface area contributed by atoms with Crippen LogP contribution in [0.2, 0.25) is 0 Å². The monoisotopic (exact) mass is 502 g/mol. The summed E-state index contributed by atoms with van der Waals surface area (Å²) in [6, 6.07) is 16.4. The van der Waals surface area contributed by atoms with Gasteiger partial charge in [-0.2, -0.15) is 0 Å². The summed E-state index contributed by atoms with van der Waals surface area (Å²) >= 11 is 7.13. The molecule has 35 heavy (non-hydrogen) atoms. The molecule has 1 aliphatic heterocycles. The molecule has 0 aliphatic carbocycles. The number of nitrogens with one attached hydrogen (secondary N) is 1. The minimum Gasteiger partial charge on any atom is -0.349 e. The number of nitrogens with zero attached hydrogens (tertiary/aromatic N) is 3. The van der Waals surface area contributed by atoms with Gasteiger partial charge in [0.25, 0.3) is 5.91 Å². The number of piperidine rings is 1. The lowest BCUT2D eigenvalue weighted by atomic mass is 9.98. The molecule has 7 heteroatoms. The van der Waals surface area contributed by atoms with Crippen molar-refractivity contribution in [1.82, 2.24) is 14.8 Å². The molecule has 0 unspecified atom stereocenters. The number of aryl methyl sites for hydroxylation is 1. The van der Waals surface area contributed by atoms with E-state index in [0.29, 0.717) is 18.2 Å². The van der Waals surface area contributed by atoms with Crippen LogP contribution in [-0.4, -0.2) is 52.5 Å². The maximum atomic E-state index is 13.1. The average Bonchev–Trinajstić information content (AvgIpc) is 3.39. The third-order valence-corrected chi connectivity index (χ3v) is 7.95. The molecule has 1 N–H and O–H groups in total. The first-order chi connectivity index (χ1) is 17.0. The van der Waals surface area contributed by atoms with Crippen LogP contribution in [0.5, 0.6) is 0 Å². The molecule has 1 fully saturated rings. The third-order valence-electron chi connectivity index (χ3n) is 6.37. The van der Waals surface area contributed by atoms with Gasteiger partial charge < -0.3 is 15.1 Å². The number of carbonyl (C=O) groups excluding carboxylic acids is 1. The Kier molecular flexibility index (Phi) is 8.17. The molecule has 0 radical (unpaired) electrons. The second kappa shape index (κ2) is 11.5. The first kappa shape index (κ1) is 24.9. The summed E-state index contributed by atoms with van der Waals surface area (Å²) in [7, 11) is 1.93. The highest BCUT2D eigenvalue weighted by Crippen LogP contribution is 2.32. The number of benzene rings is 2. The minimum atomic E-state index is -0.181. The van der Waals surface area contributed by atoms with E-state index >= 15 is 0 Å². The summed E-state index contributed by atoms with van der Waals surface area (Å²) < 4.78 is 0. The van der Waals surface area contributed by atoms with Crippen molar-refractivity contribution in [2.45, 2.75) is 32.1 Å². The van der Waals surface area contributed by atoms with Gasteiger partial charge in [0.2, 0.25) is 0 Å². The smallest absolute Gasteiger partial charge is 0.275 e. The number of thiazole rings is 1. The van der Waals surface area contributed by atoms with E-state index in [9.17, 15) is 4.79 Å². The highest BCUT2D eigenvalue weighted by atomic mass is 32.1. The van der Waals surface area contributed by atoms with Gasteiger partial charge in [-0.1, -0.05) is 55.3 Å². The van der Waals surface area contributed by atoms with Crippen molar-refractivity contribution in [3.8, 4) is 23.5 Å². The molecule has 0 saturated carbocycles. The SMILES string of the molecule is C#CCN(C)C(=S)N1CCC(c2nc(C(=O)Nc3ccccc3-c3ccc(CC)cc3)cs2)CC1. The summed E-state index contributed by atoms with van der Waals surface area (Å²) in [5, 5.41) is 6.75. The fraction of sp³-hybridized carbons (Fsp3) is 0.321. The molecular weight excluding hydrogens is 472 g/mol. The van der Waals surface area contributed by atoms with Crippen LogP contribution < -0.4 is 5.32 Å². The Hall–Kier alpha value is -3.21. The van der Waals surface area contributed by atoms with Crippen molar-refractivity contribution >= 4 is 40.3 Å². The quantitative estimate of drug-likeness (QED) is 0.348. The van der Waals surface area contributed by atoms with Gasteiger partial charge >= 0.3 is 0 Å². The van der Waals surface area contributed by atoms with Crippen molar-refractivity contribution in [1.29, 1.82) is 0 Å². The Morgan fingerprint density at radius 3 is 2.63 bits per heavy atom. The van der Waals surface area contributed by atoms with Crippen LogP contribution in [0.25, 0.3) is 11.1 Å². The first-order valence-electron chi connectivity index (χ1n) is 11.9. The molecule has 5 nitrogen and oxygen atoms in total. The number of thiocarbonyl (C=S) groups is 1. The second-order valence-electron chi connectivity index (χ2n) is 8.73. The molecule has 1 aliphatic rings. The standard InChI is InChI=1S/C28H30N4OS2/c1-4-16-31(3)28(34)32-17-14-22(15-18-32)27-30-25(19-35-27)26(33)29-24-9-7-6-8-23(24)21-12-10-20(5-2)11-13-21/h1,6-13,19,22H,5,14-18H2,2-3H3,(H,29,33). The normalized spacial score (nSPS) is 13.8. The average molecular weight is 503 g/mol. The molecule has 0 spiro atoms. The largest absolute Gasteiger partial charge is 0.349 e. The van der Waals surface area contributed by atoms with Crippen LogP contribution in [-0.2, 0) is 6.42 Å². The lowest BCUT2D eigenvalue weighted by molar-refractivity contribution is 0.102. The topological polar surface area (TPSA) is 48.5 Å². The Bertz CT molecular complexity index is 1220. The van der Waals surface area contributed by atoms with Crippen molar-refractivity contribution < 1.29 is 4.79 Å². The third kappa shape index (κ3) is 5.90. The zero-order chi connectivity index (χ0) is 24.8. The first-order valence-corrected chi connectivity index (χ1v) is 13.2. The van der Waals surface area contributed by atoms with Gasteiger partial charge in [-0.15, -0.1) is 17.8 Å². The Morgan fingerprint density at radius 2 is 1.94 bits per heavy atom. The van der Waals surface area contributed by atoms with Crippen molar-refractivity contribution in [2.75, 3.05) is 32.0 Å². The molecule has 180 valence electrons. The fourth-order valence-electron chi connectivity index (χ4n) is 4.29. The highest BCUT2D eigenvalue weighted by Gasteiger charge is 2.26. The van der Waals surface area contributed by atoms with E-state index in [-0.39, 0.29) is 5.91 Å². The number of terminal acetylenes is 1. The second-order valence-corrected chi connectivity index (χ2v) is 9.98. The summed E-state index contributed by atoms with van der Waals surface area (Å²) in [6.45, 7) is 4.38. The van der Waals surface area contributed by atoms with Crippen LogP contribution in [0.1, 0.15) is 46.7 Å².